The molecule has 4 aromatic carbocycles. The van der Waals surface area contributed by atoms with E-state index in [-0.39, 0.29) is 0 Å². The van der Waals surface area contributed by atoms with Crippen molar-refractivity contribution >= 4 is 42.6 Å². The minimum atomic E-state index is -4.94. The van der Waals surface area contributed by atoms with Crippen molar-refractivity contribution in [3.8, 4) is 0 Å². The van der Waals surface area contributed by atoms with Crippen LogP contribution >= 0.6 is 7.26 Å². The summed E-state index contributed by atoms with van der Waals surface area (Å²) in [6, 6.07) is 45.9. The first-order valence-electron chi connectivity index (χ1n) is 12.8. The summed E-state index contributed by atoms with van der Waals surface area (Å²) in [4.78, 5) is 0. The van der Waals surface area contributed by atoms with Gasteiger partial charge in [-0.2, -0.15) is 0 Å². The molecule has 198 valence electrons. The van der Waals surface area contributed by atoms with E-state index in [1.54, 1.807) is 0 Å². The molecule has 0 bridgehead atoms. The van der Waals surface area contributed by atoms with Crippen molar-refractivity contribution in [2.24, 2.45) is 5.92 Å². The summed E-state index contributed by atoms with van der Waals surface area (Å²) in [6.45, 7) is 0. The molecule has 4 nitrogen and oxygen atoms in total. The predicted molar refractivity (Wildman–Crippen MR) is 147 cm³/mol. The molecular formula is C31H32ClO4PSe. The Morgan fingerprint density at radius 3 is 1.26 bits per heavy atom. The third-order valence-corrected chi connectivity index (χ3v) is 16.4. The molecule has 5 rings (SSSR count). The maximum atomic E-state index is 8.49. The van der Waals surface area contributed by atoms with Gasteiger partial charge in [-0.3, -0.25) is 0 Å². The number of hydrogen-bond acceptors (Lipinski definition) is 4. The Morgan fingerprint density at radius 2 is 0.895 bits per heavy atom. The van der Waals surface area contributed by atoms with Gasteiger partial charge in [-0.25, -0.2) is 18.6 Å². The average Bonchev–Trinajstić information content (AvgIpc) is 2.95. The first-order chi connectivity index (χ1) is 18.4. The molecule has 1 fully saturated rings. The van der Waals surface area contributed by atoms with Gasteiger partial charge in [0, 0.05) is 0 Å². The molecule has 7 heteroatoms. The van der Waals surface area contributed by atoms with Crippen molar-refractivity contribution in [1.82, 2.24) is 0 Å². The molecule has 1 saturated carbocycles. The molecule has 0 spiro atoms. The van der Waals surface area contributed by atoms with Crippen molar-refractivity contribution in [2.45, 2.75) is 36.7 Å². The molecule has 0 N–H and O–H groups in total. The molecule has 0 amide bonds. The summed E-state index contributed by atoms with van der Waals surface area (Å²) in [5.74, 6) is 0.771. The van der Waals surface area contributed by atoms with E-state index in [2.05, 4.69) is 121 Å². The van der Waals surface area contributed by atoms with Gasteiger partial charge >= 0.3 is 207 Å². The summed E-state index contributed by atoms with van der Waals surface area (Å²) < 4.78 is 36.2. The van der Waals surface area contributed by atoms with Gasteiger partial charge in [0.05, 0.1) is 0 Å². The first-order valence-corrected chi connectivity index (χ1v) is 17.7. The molecule has 0 heterocycles. The molecule has 1 aliphatic rings. The van der Waals surface area contributed by atoms with Gasteiger partial charge in [-0.05, 0) is 0 Å². The van der Waals surface area contributed by atoms with Crippen LogP contribution in [-0.4, -0.2) is 19.5 Å². The Bertz CT molecular complexity index is 1120. The van der Waals surface area contributed by atoms with E-state index in [4.69, 9.17) is 18.6 Å². The topological polar surface area (TPSA) is 92.2 Å². The Balaban J connectivity index is 0.000000617. The Morgan fingerprint density at radius 1 is 0.553 bits per heavy atom. The fourth-order valence-corrected chi connectivity index (χ4v) is 16.4. The van der Waals surface area contributed by atoms with Gasteiger partial charge in [-0.15, -0.1) is 10.2 Å². The third-order valence-electron chi connectivity index (χ3n) is 6.93. The van der Waals surface area contributed by atoms with Gasteiger partial charge in [-0.1, -0.05) is 0 Å². The number of hydrogen-bond donors (Lipinski definition) is 0. The summed E-state index contributed by atoms with van der Waals surface area (Å²) in [6.07, 6.45) is 6.89. The van der Waals surface area contributed by atoms with Gasteiger partial charge in [0.15, 0.2) is 0 Å². The van der Waals surface area contributed by atoms with Gasteiger partial charge in [0.1, 0.15) is 0 Å². The van der Waals surface area contributed by atoms with Crippen LogP contribution in [-0.2, 0) is 0 Å². The molecule has 0 aromatic heterocycles. The van der Waals surface area contributed by atoms with Crippen molar-refractivity contribution in [2.75, 3.05) is 0 Å². The predicted octanol–water partition coefficient (Wildman–Crippen LogP) is 1.16. The number of benzene rings is 4. The second-order valence-corrected chi connectivity index (χ2v) is 17.0. The SMILES string of the molecule is [O-][Cl+3]([O-])([O-])[O-].c1ccc([Se]C(C2CCCCC2)[P+](c2ccccc2)(c2ccccc2)c2ccccc2)cc1. The van der Waals surface area contributed by atoms with Crippen LogP contribution in [0.25, 0.3) is 0 Å². The fourth-order valence-electron chi connectivity index (χ4n) is 5.43. The first kappa shape index (κ1) is 29.0. The van der Waals surface area contributed by atoms with E-state index >= 15 is 0 Å². The van der Waals surface area contributed by atoms with Gasteiger partial charge in [0.25, 0.3) is 0 Å². The van der Waals surface area contributed by atoms with Crippen LogP contribution in [0.5, 0.6) is 0 Å². The molecule has 0 aliphatic heterocycles. The van der Waals surface area contributed by atoms with Crippen LogP contribution in [0, 0.1) is 16.2 Å². The van der Waals surface area contributed by atoms with E-state index in [1.165, 1.54) is 52.5 Å². The van der Waals surface area contributed by atoms with Crippen molar-refractivity contribution in [1.29, 1.82) is 0 Å². The zero-order chi connectivity index (χ0) is 26.8. The van der Waals surface area contributed by atoms with E-state index in [0.29, 0.717) is 19.5 Å². The van der Waals surface area contributed by atoms with Gasteiger partial charge in [0.2, 0.25) is 0 Å². The number of halogens is 1. The zero-order valence-electron chi connectivity index (χ0n) is 21.1. The molecule has 0 saturated heterocycles. The molecule has 1 atom stereocenters. The zero-order valence-corrected chi connectivity index (χ0v) is 24.5. The Hall–Kier alpha value is -2.04. The molecule has 1 unspecified atom stereocenters. The van der Waals surface area contributed by atoms with Crippen LogP contribution in [0.15, 0.2) is 121 Å². The summed E-state index contributed by atoms with van der Waals surface area (Å²) >= 11 is 0.387. The molecule has 4 aromatic rings. The third kappa shape index (κ3) is 7.54. The van der Waals surface area contributed by atoms with Crippen LogP contribution < -0.4 is 39.0 Å². The fraction of sp³-hybridized carbons (Fsp3) is 0.226. The van der Waals surface area contributed by atoms with E-state index in [9.17, 15) is 0 Å². The van der Waals surface area contributed by atoms with Crippen molar-refractivity contribution in [3.05, 3.63) is 121 Å². The summed E-state index contributed by atoms with van der Waals surface area (Å²) in [5, 5.41) is 4.61. The van der Waals surface area contributed by atoms with Gasteiger partial charge < -0.3 is 0 Å². The van der Waals surface area contributed by atoms with Crippen LogP contribution in [0.2, 0.25) is 0 Å². The molecular weight excluding hydrogens is 582 g/mol. The Kier molecular flexibility index (Phi) is 10.6. The second-order valence-electron chi connectivity index (χ2n) is 9.33. The Labute approximate surface area is 234 Å². The normalized spacial score (nSPS) is 15.3. The van der Waals surface area contributed by atoms with Crippen molar-refractivity contribution < 1.29 is 28.9 Å². The quantitative estimate of drug-likeness (QED) is 0.231. The number of rotatable bonds is 7. The van der Waals surface area contributed by atoms with Crippen LogP contribution in [0.1, 0.15) is 32.1 Å². The molecule has 1 aliphatic carbocycles. The van der Waals surface area contributed by atoms with Crippen LogP contribution in [0.4, 0.5) is 0 Å². The molecule has 38 heavy (non-hydrogen) atoms. The second kappa shape index (κ2) is 13.8. The standard InChI is InChI=1S/C31H32PSe.ClHO4/c1-6-16-26(17-7-1)31(33-30-24-14-5-15-25-30)32(27-18-8-2-9-19-27,28-20-10-3-11-21-28)29-22-12-4-13-23-29;2-1(3,4)5/h2-5,8-15,18-26,31H,1,6-7,16-17H2;(H,2,3,4,5)/q+1;/p-1. The summed E-state index contributed by atoms with van der Waals surface area (Å²) in [7, 11) is -6.81. The van der Waals surface area contributed by atoms with Crippen LogP contribution in [0.3, 0.4) is 0 Å². The molecule has 0 radical (unpaired) electrons. The minimum absolute atomic E-state index is 0.387. The monoisotopic (exact) mass is 614 g/mol. The summed E-state index contributed by atoms with van der Waals surface area (Å²) in [5.41, 5.74) is 0. The van der Waals surface area contributed by atoms with E-state index in [0.717, 1.165) is 5.92 Å². The maximum absolute atomic E-state index is 8.49. The van der Waals surface area contributed by atoms with E-state index < -0.39 is 17.5 Å². The average molecular weight is 614 g/mol. The van der Waals surface area contributed by atoms with Crippen molar-refractivity contribution in [3.63, 3.8) is 0 Å². The van der Waals surface area contributed by atoms with E-state index in [1.807, 2.05) is 0 Å².